The summed E-state index contributed by atoms with van der Waals surface area (Å²) < 4.78 is 7.29. The zero-order chi connectivity index (χ0) is 20.2. The number of hydrogen-bond acceptors (Lipinski definition) is 6. The van der Waals surface area contributed by atoms with Gasteiger partial charge in [-0.15, -0.1) is 0 Å². The van der Waals surface area contributed by atoms with Gasteiger partial charge in [0.2, 0.25) is 0 Å². The van der Waals surface area contributed by atoms with Gasteiger partial charge < -0.3 is 10.1 Å². The lowest BCUT2D eigenvalue weighted by Crippen LogP contribution is -2.40. The molecule has 2 aromatic heterocycles. The first-order valence-electron chi connectivity index (χ1n) is 10.2. The van der Waals surface area contributed by atoms with E-state index in [2.05, 4.69) is 61.7 Å². The van der Waals surface area contributed by atoms with E-state index in [1.54, 1.807) is 10.8 Å². The predicted molar refractivity (Wildman–Crippen MR) is 116 cm³/mol. The van der Waals surface area contributed by atoms with Gasteiger partial charge in [-0.25, -0.2) is 4.98 Å². The third-order valence-corrected chi connectivity index (χ3v) is 5.39. The van der Waals surface area contributed by atoms with Gasteiger partial charge >= 0.3 is 0 Å². The van der Waals surface area contributed by atoms with Crippen molar-refractivity contribution in [2.45, 2.75) is 6.04 Å². The summed E-state index contributed by atoms with van der Waals surface area (Å²) in [4.78, 5) is 11.5. The highest BCUT2D eigenvalue weighted by molar-refractivity contribution is 5.65. The van der Waals surface area contributed by atoms with Crippen molar-refractivity contribution in [1.82, 2.24) is 24.5 Å². The van der Waals surface area contributed by atoms with Gasteiger partial charge in [-0.2, -0.15) is 14.6 Å². The van der Waals surface area contributed by atoms with Crippen LogP contribution in [-0.4, -0.2) is 57.3 Å². The SMILES string of the molecule is c1ccc(-c2cc(NC(CN3CCOCC3)c3ccccc3)n3ncnc3n2)cc1. The van der Waals surface area contributed by atoms with Gasteiger partial charge in [-0.3, -0.25) is 4.90 Å². The summed E-state index contributed by atoms with van der Waals surface area (Å²) in [6.07, 6.45) is 1.54. The monoisotopic (exact) mass is 400 g/mol. The number of fused-ring (bicyclic) bond motifs is 1. The number of hydrogen-bond donors (Lipinski definition) is 1. The molecule has 0 bridgehead atoms. The van der Waals surface area contributed by atoms with Crippen LogP contribution in [0, 0.1) is 0 Å². The fourth-order valence-electron chi connectivity index (χ4n) is 3.81. The molecule has 4 aromatic rings. The number of nitrogens with zero attached hydrogens (tertiary/aromatic N) is 5. The molecule has 1 aliphatic heterocycles. The first-order valence-corrected chi connectivity index (χ1v) is 10.2. The van der Waals surface area contributed by atoms with E-state index in [4.69, 9.17) is 4.74 Å². The molecular weight excluding hydrogens is 376 g/mol. The molecular formula is C23H24N6O. The number of anilines is 1. The van der Waals surface area contributed by atoms with Crippen molar-refractivity contribution in [2.75, 3.05) is 38.2 Å². The molecule has 1 fully saturated rings. The van der Waals surface area contributed by atoms with Crippen LogP contribution in [0.1, 0.15) is 11.6 Å². The molecule has 1 aliphatic rings. The molecule has 7 nitrogen and oxygen atoms in total. The highest BCUT2D eigenvalue weighted by Gasteiger charge is 2.20. The fraction of sp³-hybridized carbons (Fsp3) is 0.261. The summed E-state index contributed by atoms with van der Waals surface area (Å²) in [5.74, 6) is 1.45. The van der Waals surface area contributed by atoms with Gasteiger partial charge in [0.05, 0.1) is 24.9 Å². The standard InChI is InChI=1S/C23H24N6O/c1-3-7-18(8-4-1)20-15-22(29-23(27-20)24-17-25-29)26-21(19-9-5-2-6-10-19)16-28-11-13-30-14-12-28/h1-10,15,17,21,26H,11-14,16H2. The van der Waals surface area contributed by atoms with Gasteiger partial charge in [0.25, 0.3) is 5.78 Å². The first kappa shape index (κ1) is 18.7. The van der Waals surface area contributed by atoms with Gasteiger partial charge in [0.1, 0.15) is 12.1 Å². The highest BCUT2D eigenvalue weighted by atomic mass is 16.5. The van der Waals surface area contributed by atoms with E-state index in [1.807, 2.05) is 30.3 Å². The Morgan fingerprint density at radius 3 is 2.47 bits per heavy atom. The summed E-state index contributed by atoms with van der Waals surface area (Å²) in [6.45, 7) is 4.32. The van der Waals surface area contributed by atoms with Crippen LogP contribution >= 0.6 is 0 Å². The number of aromatic nitrogens is 4. The van der Waals surface area contributed by atoms with Crippen LogP contribution in [-0.2, 0) is 4.74 Å². The van der Waals surface area contributed by atoms with E-state index in [-0.39, 0.29) is 6.04 Å². The van der Waals surface area contributed by atoms with Crippen LogP contribution in [0.5, 0.6) is 0 Å². The van der Waals surface area contributed by atoms with Gasteiger partial charge in [-0.1, -0.05) is 60.7 Å². The molecule has 152 valence electrons. The Kier molecular flexibility index (Phi) is 5.37. The number of ether oxygens (including phenoxy) is 1. The third kappa shape index (κ3) is 4.03. The van der Waals surface area contributed by atoms with Crippen LogP contribution in [0.4, 0.5) is 5.82 Å². The maximum absolute atomic E-state index is 5.52. The topological polar surface area (TPSA) is 67.6 Å². The second-order valence-corrected chi connectivity index (χ2v) is 7.39. The predicted octanol–water partition coefficient (Wildman–Crippen LogP) is 3.28. The summed E-state index contributed by atoms with van der Waals surface area (Å²) in [6, 6.07) is 22.8. The minimum atomic E-state index is 0.0997. The number of rotatable bonds is 6. The smallest absolute Gasteiger partial charge is 0.254 e. The maximum Gasteiger partial charge on any atom is 0.254 e. The fourth-order valence-corrected chi connectivity index (χ4v) is 3.81. The highest BCUT2D eigenvalue weighted by Crippen LogP contribution is 2.25. The van der Waals surface area contributed by atoms with Crippen molar-refractivity contribution in [3.8, 4) is 11.3 Å². The Morgan fingerprint density at radius 1 is 0.967 bits per heavy atom. The van der Waals surface area contributed by atoms with Gasteiger partial charge in [0, 0.05) is 31.3 Å². The maximum atomic E-state index is 5.52. The number of benzene rings is 2. The van der Waals surface area contributed by atoms with Crippen molar-refractivity contribution in [1.29, 1.82) is 0 Å². The second-order valence-electron chi connectivity index (χ2n) is 7.39. The average Bonchev–Trinajstić information content (AvgIpc) is 3.30. The molecule has 7 heteroatoms. The molecule has 0 amide bonds. The van der Waals surface area contributed by atoms with Crippen LogP contribution in [0.15, 0.2) is 73.1 Å². The van der Waals surface area contributed by atoms with Crippen molar-refractivity contribution in [3.05, 3.63) is 78.6 Å². The molecule has 1 saturated heterocycles. The van der Waals surface area contributed by atoms with E-state index in [0.29, 0.717) is 5.78 Å². The largest absolute Gasteiger partial charge is 0.379 e. The van der Waals surface area contributed by atoms with Crippen LogP contribution in [0.3, 0.4) is 0 Å². The normalized spacial score (nSPS) is 15.9. The zero-order valence-electron chi connectivity index (χ0n) is 16.7. The van der Waals surface area contributed by atoms with Gasteiger partial charge in [-0.05, 0) is 5.56 Å². The Morgan fingerprint density at radius 2 is 1.70 bits per heavy atom. The molecule has 0 spiro atoms. The Bertz CT molecular complexity index is 1090. The molecule has 30 heavy (non-hydrogen) atoms. The van der Waals surface area contributed by atoms with Crippen molar-refractivity contribution < 1.29 is 4.74 Å². The summed E-state index contributed by atoms with van der Waals surface area (Å²) in [5.41, 5.74) is 3.16. The van der Waals surface area contributed by atoms with Gasteiger partial charge in [0.15, 0.2) is 0 Å². The number of nitrogens with one attached hydrogen (secondary N) is 1. The first-order chi connectivity index (χ1) is 14.9. The minimum Gasteiger partial charge on any atom is -0.379 e. The van der Waals surface area contributed by atoms with E-state index in [1.165, 1.54) is 5.56 Å². The van der Waals surface area contributed by atoms with Crippen LogP contribution in [0.25, 0.3) is 17.0 Å². The lowest BCUT2D eigenvalue weighted by Gasteiger charge is -2.31. The molecule has 5 rings (SSSR count). The third-order valence-electron chi connectivity index (χ3n) is 5.39. The second kappa shape index (κ2) is 8.61. The lowest BCUT2D eigenvalue weighted by molar-refractivity contribution is 0.0360. The van der Waals surface area contributed by atoms with Crippen molar-refractivity contribution in [2.24, 2.45) is 0 Å². The van der Waals surface area contributed by atoms with E-state index in [0.717, 1.165) is 49.9 Å². The summed E-state index contributed by atoms with van der Waals surface area (Å²) in [7, 11) is 0. The van der Waals surface area contributed by atoms with Crippen molar-refractivity contribution in [3.63, 3.8) is 0 Å². The number of morpholine rings is 1. The molecule has 0 radical (unpaired) electrons. The van der Waals surface area contributed by atoms with E-state index in [9.17, 15) is 0 Å². The quantitative estimate of drug-likeness (QED) is 0.536. The minimum absolute atomic E-state index is 0.0997. The molecule has 1 atom stereocenters. The van der Waals surface area contributed by atoms with Crippen LogP contribution < -0.4 is 5.32 Å². The van der Waals surface area contributed by atoms with E-state index < -0.39 is 0 Å². The molecule has 3 heterocycles. The Hall–Kier alpha value is -3.29. The molecule has 2 aromatic carbocycles. The Balaban J connectivity index is 1.51. The average molecular weight is 400 g/mol. The lowest BCUT2D eigenvalue weighted by atomic mass is 10.1. The van der Waals surface area contributed by atoms with E-state index >= 15 is 0 Å². The molecule has 1 unspecified atom stereocenters. The molecule has 1 N–H and O–H groups in total. The Labute approximate surface area is 175 Å². The molecule has 0 aliphatic carbocycles. The van der Waals surface area contributed by atoms with Crippen LogP contribution in [0.2, 0.25) is 0 Å². The zero-order valence-corrected chi connectivity index (χ0v) is 16.7. The van der Waals surface area contributed by atoms with Crippen molar-refractivity contribution >= 4 is 11.6 Å². The summed E-state index contributed by atoms with van der Waals surface area (Å²) in [5, 5.41) is 8.11. The summed E-state index contributed by atoms with van der Waals surface area (Å²) >= 11 is 0. The molecule has 0 saturated carbocycles.